The van der Waals surface area contributed by atoms with Crippen LogP contribution in [0.5, 0.6) is 0 Å². The highest BCUT2D eigenvalue weighted by molar-refractivity contribution is 7.89. The van der Waals surface area contributed by atoms with Crippen LogP contribution in [0.2, 0.25) is 0 Å². The van der Waals surface area contributed by atoms with Gasteiger partial charge in [-0.25, -0.2) is 26.4 Å². The fraction of sp³-hybridized carbons (Fsp3) is 0.136. The number of primary sulfonamides is 1. The molecule has 11 heteroatoms. The quantitative estimate of drug-likeness (QED) is 0.419. The molecule has 0 radical (unpaired) electrons. The van der Waals surface area contributed by atoms with Gasteiger partial charge in [-0.1, -0.05) is 42.5 Å². The molecule has 174 valence electrons. The summed E-state index contributed by atoms with van der Waals surface area (Å²) in [5, 5.41) is 7.73. The molecule has 0 bridgehead atoms. The van der Waals surface area contributed by atoms with Gasteiger partial charge in [0.25, 0.3) is 0 Å². The Kier molecular flexibility index (Phi) is 7.59. The molecule has 0 spiro atoms. The fourth-order valence-corrected chi connectivity index (χ4v) is 4.73. The van der Waals surface area contributed by atoms with Gasteiger partial charge in [0.05, 0.1) is 9.79 Å². The van der Waals surface area contributed by atoms with Gasteiger partial charge in [0, 0.05) is 6.54 Å². The first-order valence-electron chi connectivity index (χ1n) is 9.76. The van der Waals surface area contributed by atoms with Gasteiger partial charge in [0.1, 0.15) is 11.9 Å². The topological polar surface area (TPSA) is 135 Å². The number of carbonyl (C=O) groups is 1. The predicted octanol–water partition coefficient (Wildman–Crippen LogP) is 1.68. The third-order valence-electron chi connectivity index (χ3n) is 4.74. The Bertz CT molecular complexity index is 1310. The lowest BCUT2D eigenvalue weighted by atomic mass is 10.1. The normalized spacial score (nSPS) is 12.8. The van der Waals surface area contributed by atoms with Crippen LogP contribution < -0.4 is 15.2 Å². The van der Waals surface area contributed by atoms with E-state index in [1.165, 1.54) is 24.3 Å². The highest BCUT2D eigenvalue weighted by Crippen LogP contribution is 2.13. The van der Waals surface area contributed by atoms with Crippen molar-refractivity contribution in [2.24, 2.45) is 5.14 Å². The first kappa shape index (κ1) is 24.5. The van der Waals surface area contributed by atoms with Crippen molar-refractivity contribution < 1.29 is 26.0 Å². The van der Waals surface area contributed by atoms with Crippen LogP contribution in [0.25, 0.3) is 0 Å². The van der Waals surface area contributed by atoms with E-state index in [9.17, 15) is 26.0 Å². The molecule has 33 heavy (non-hydrogen) atoms. The lowest BCUT2D eigenvalue weighted by Crippen LogP contribution is -2.47. The van der Waals surface area contributed by atoms with E-state index in [2.05, 4.69) is 10.0 Å². The van der Waals surface area contributed by atoms with Crippen LogP contribution in [0.4, 0.5) is 4.39 Å². The summed E-state index contributed by atoms with van der Waals surface area (Å²) >= 11 is 0. The summed E-state index contributed by atoms with van der Waals surface area (Å²) in [6.07, 6.45) is 0.0808. The molecule has 0 saturated heterocycles. The Morgan fingerprint density at radius 1 is 0.818 bits per heavy atom. The summed E-state index contributed by atoms with van der Waals surface area (Å²) in [6, 6.07) is 17.6. The number of nitrogens with two attached hydrogens (primary N) is 1. The van der Waals surface area contributed by atoms with E-state index in [0.717, 1.165) is 29.8 Å². The number of halogens is 1. The Morgan fingerprint density at radius 2 is 1.39 bits per heavy atom. The van der Waals surface area contributed by atoms with Crippen LogP contribution in [-0.2, 0) is 37.8 Å². The van der Waals surface area contributed by atoms with Gasteiger partial charge in [0.15, 0.2) is 0 Å². The molecule has 0 unspecified atom stereocenters. The minimum Gasteiger partial charge on any atom is -0.351 e. The average molecular weight is 492 g/mol. The predicted molar refractivity (Wildman–Crippen MR) is 120 cm³/mol. The molecule has 0 saturated carbocycles. The van der Waals surface area contributed by atoms with Crippen LogP contribution in [0.15, 0.2) is 88.7 Å². The smallest absolute Gasteiger partial charge is 0.241 e. The first-order chi connectivity index (χ1) is 15.5. The second-order valence-electron chi connectivity index (χ2n) is 7.22. The molecule has 4 N–H and O–H groups in total. The SMILES string of the molecule is NS(=O)(=O)c1ccc(CNC(=O)[C@@H](Cc2ccccc2)NS(=O)(=O)c2ccc(F)cc2)cc1. The summed E-state index contributed by atoms with van der Waals surface area (Å²) < 4.78 is 63.8. The van der Waals surface area contributed by atoms with Crippen LogP contribution in [-0.4, -0.2) is 28.8 Å². The second-order valence-corrected chi connectivity index (χ2v) is 10.5. The zero-order valence-electron chi connectivity index (χ0n) is 17.3. The molecule has 3 rings (SSSR count). The van der Waals surface area contributed by atoms with Gasteiger partial charge in [-0.2, -0.15) is 4.72 Å². The number of amides is 1. The standard InChI is InChI=1S/C22H22FN3O5S2/c23-18-8-12-20(13-9-18)33(30,31)26-21(14-16-4-2-1-3-5-16)22(27)25-15-17-6-10-19(11-7-17)32(24,28)29/h1-13,21,26H,14-15H2,(H,25,27)(H2,24,28,29)/t21-/m1/s1. The van der Waals surface area contributed by atoms with E-state index in [1.54, 1.807) is 30.3 Å². The molecule has 3 aromatic carbocycles. The number of hydrogen-bond donors (Lipinski definition) is 3. The summed E-state index contributed by atoms with van der Waals surface area (Å²) in [5.74, 6) is -1.17. The maximum absolute atomic E-state index is 13.2. The molecular formula is C22H22FN3O5S2. The number of hydrogen-bond acceptors (Lipinski definition) is 5. The van der Waals surface area contributed by atoms with Crippen molar-refractivity contribution in [1.82, 2.24) is 10.0 Å². The van der Waals surface area contributed by atoms with Gasteiger partial charge in [0.2, 0.25) is 26.0 Å². The number of rotatable bonds is 9. The van der Waals surface area contributed by atoms with Gasteiger partial charge in [-0.3, -0.25) is 4.79 Å². The summed E-state index contributed by atoms with van der Waals surface area (Å²) in [4.78, 5) is 12.7. The molecule has 1 atom stereocenters. The minimum atomic E-state index is -4.10. The van der Waals surface area contributed by atoms with Crippen molar-refractivity contribution in [3.05, 3.63) is 95.8 Å². The summed E-state index contributed by atoms with van der Waals surface area (Å²) in [6.45, 7) is 0.0350. The van der Waals surface area contributed by atoms with Crippen molar-refractivity contribution in [2.75, 3.05) is 0 Å². The van der Waals surface area contributed by atoms with E-state index < -0.39 is 37.8 Å². The van der Waals surface area contributed by atoms with Crippen molar-refractivity contribution in [1.29, 1.82) is 0 Å². The highest BCUT2D eigenvalue weighted by atomic mass is 32.2. The zero-order chi connectivity index (χ0) is 24.1. The summed E-state index contributed by atoms with van der Waals surface area (Å²) in [7, 11) is -7.94. The van der Waals surface area contributed by atoms with Crippen molar-refractivity contribution in [3.8, 4) is 0 Å². The lowest BCUT2D eigenvalue weighted by molar-refractivity contribution is -0.122. The average Bonchev–Trinajstić information content (AvgIpc) is 2.77. The van der Waals surface area contributed by atoms with Gasteiger partial charge >= 0.3 is 0 Å². The van der Waals surface area contributed by atoms with E-state index in [-0.39, 0.29) is 22.8 Å². The first-order valence-corrected chi connectivity index (χ1v) is 12.8. The number of carbonyl (C=O) groups excluding carboxylic acids is 1. The van der Waals surface area contributed by atoms with Crippen LogP contribution in [0, 0.1) is 5.82 Å². The van der Waals surface area contributed by atoms with Gasteiger partial charge in [-0.15, -0.1) is 0 Å². The van der Waals surface area contributed by atoms with E-state index >= 15 is 0 Å². The van der Waals surface area contributed by atoms with Gasteiger partial charge < -0.3 is 5.32 Å². The Morgan fingerprint density at radius 3 is 1.97 bits per heavy atom. The maximum Gasteiger partial charge on any atom is 0.241 e. The van der Waals surface area contributed by atoms with Crippen molar-refractivity contribution in [3.63, 3.8) is 0 Å². The second kappa shape index (κ2) is 10.2. The molecule has 3 aromatic rings. The molecule has 0 aliphatic carbocycles. The minimum absolute atomic E-state index is 0.0350. The molecule has 0 aliphatic heterocycles. The third-order valence-corrected chi connectivity index (χ3v) is 7.16. The molecule has 0 aliphatic rings. The Hall–Kier alpha value is -3.12. The largest absolute Gasteiger partial charge is 0.351 e. The van der Waals surface area contributed by atoms with Crippen molar-refractivity contribution in [2.45, 2.75) is 28.8 Å². The lowest BCUT2D eigenvalue weighted by Gasteiger charge is -2.19. The third kappa shape index (κ3) is 6.93. The number of nitrogens with one attached hydrogen (secondary N) is 2. The zero-order valence-corrected chi connectivity index (χ0v) is 18.9. The fourth-order valence-electron chi connectivity index (χ4n) is 3.02. The van der Waals surface area contributed by atoms with E-state index in [0.29, 0.717) is 5.56 Å². The monoisotopic (exact) mass is 491 g/mol. The molecular weight excluding hydrogens is 469 g/mol. The Balaban J connectivity index is 1.77. The van der Waals surface area contributed by atoms with Crippen LogP contribution >= 0.6 is 0 Å². The van der Waals surface area contributed by atoms with E-state index in [4.69, 9.17) is 5.14 Å². The maximum atomic E-state index is 13.2. The van der Waals surface area contributed by atoms with Gasteiger partial charge in [-0.05, 0) is 53.9 Å². The molecule has 0 heterocycles. The van der Waals surface area contributed by atoms with Crippen LogP contribution in [0.3, 0.4) is 0 Å². The van der Waals surface area contributed by atoms with Crippen molar-refractivity contribution >= 4 is 26.0 Å². The highest BCUT2D eigenvalue weighted by Gasteiger charge is 2.26. The molecule has 1 amide bonds. The van der Waals surface area contributed by atoms with Crippen LogP contribution in [0.1, 0.15) is 11.1 Å². The number of benzene rings is 3. The molecule has 8 nitrogen and oxygen atoms in total. The molecule has 0 aromatic heterocycles. The Labute approximate surface area is 191 Å². The molecule has 0 fully saturated rings. The van der Waals surface area contributed by atoms with E-state index in [1.807, 2.05) is 0 Å². The number of sulfonamides is 2. The summed E-state index contributed by atoms with van der Waals surface area (Å²) in [5.41, 5.74) is 1.33.